The molecule has 4 aromatic rings. The first kappa shape index (κ1) is 19.5. The van der Waals surface area contributed by atoms with Gasteiger partial charge >= 0.3 is 0 Å². The molecule has 0 aliphatic carbocycles. The van der Waals surface area contributed by atoms with Gasteiger partial charge in [-0.25, -0.2) is 15.0 Å². The van der Waals surface area contributed by atoms with Crippen LogP contribution in [-0.4, -0.2) is 45.7 Å². The van der Waals surface area contributed by atoms with E-state index in [0.717, 1.165) is 37.5 Å². The Labute approximate surface area is 172 Å². The number of benzene rings is 1. The van der Waals surface area contributed by atoms with Gasteiger partial charge in [-0.15, -0.1) is 0 Å². The topological polar surface area (TPSA) is 81.9 Å². The summed E-state index contributed by atoms with van der Waals surface area (Å²) in [6.07, 6.45) is 3.56. The lowest BCUT2D eigenvalue weighted by atomic mass is 9.83. The molecular formula is C21H23N5O2S. The maximum atomic E-state index is 12.7. The zero-order valence-corrected chi connectivity index (χ0v) is 17.7. The number of hydrogen-bond donors (Lipinski definition) is 1. The first-order valence-electron chi connectivity index (χ1n) is 9.36. The Kier molecular flexibility index (Phi) is 5.06. The molecule has 1 aromatic carbocycles. The van der Waals surface area contributed by atoms with E-state index in [0.29, 0.717) is 13.2 Å². The summed E-state index contributed by atoms with van der Waals surface area (Å²) in [7, 11) is 3.58. The molecule has 0 bridgehead atoms. The minimum atomic E-state index is -0.673. The van der Waals surface area contributed by atoms with Gasteiger partial charge in [0.15, 0.2) is 0 Å². The molecule has 7 nitrogen and oxygen atoms in total. The average molecular weight is 410 g/mol. The number of aromatic nitrogens is 4. The number of hydrogen-bond acceptors (Lipinski definition) is 6. The quantitative estimate of drug-likeness (QED) is 0.494. The molecule has 0 spiro atoms. The summed E-state index contributed by atoms with van der Waals surface area (Å²) in [6, 6.07) is 7.99. The van der Waals surface area contributed by atoms with E-state index in [4.69, 9.17) is 9.72 Å². The van der Waals surface area contributed by atoms with E-state index < -0.39 is 5.41 Å². The second kappa shape index (κ2) is 7.53. The lowest BCUT2D eigenvalue weighted by Crippen LogP contribution is -2.41. The van der Waals surface area contributed by atoms with Crippen LogP contribution in [0.5, 0.6) is 0 Å². The van der Waals surface area contributed by atoms with E-state index in [1.54, 1.807) is 31.0 Å². The highest BCUT2D eigenvalue weighted by molar-refractivity contribution is 7.21. The van der Waals surface area contributed by atoms with Crippen molar-refractivity contribution < 1.29 is 9.53 Å². The van der Waals surface area contributed by atoms with Gasteiger partial charge in [-0.3, -0.25) is 4.79 Å². The molecule has 0 saturated carbocycles. The zero-order valence-electron chi connectivity index (χ0n) is 16.9. The van der Waals surface area contributed by atoms with Gasteiger partial charge in [0.1, 0.15) is 20.9 Å². The molecule has 0 unspecified atom stereocenters. The number of methoxy groups -OCH3 is 1. The number of pyridine rings is 1. The third-order valence-corrected chi connectivity index (χ3v) is 6.11. The fourth-order valence-electron chi connectivity index (χ4n) is 3.29. The van der Waals surface area contributed by atoms with Gasteiger partial charge in [0.2, 0.25) is 5.91 Å². The van der Waals surface area contributed by atoms with Crippen LogP contribution in [-0.2, 0) is 22.0 Å². The molecule has 150 valence electrons. The fraction of sp³-hybridized carbons (Fsp3) is 0.333. The molecule has 0 aliphatic rings. The van der Waals surface area contributed by atoms with Gasteiger partial charge in [-0.2, -0.15) is 0 Å². The summed E-state index contributed by atoms with van der Waals surface area (Å²) in [5.74, 6) is -0.0331. The van der Waals surface area contributed by atoms with E-state index in [1.807, 2.05) is 49.7 Å². The van der Waals surface area contributed by atoms with Crippen molar-refractivity contribution >= 4 is 38.6 Å². The molecule has 0 saturated heterocycles. The summed E-state index contributed by atoms with van der Waals surface area (Å²) >= 11 is 1.54. The van der Waals surface area contributed by atoms with Crippen molar-refractivity contribution in [2.75, 3.05) is 20.3 Å². The molecule has 3 aromatic heterocycles. The van der Waals surface area contributed by atoms with Gasteiger partial charge in [0.05, 0.1) is 30.1 Å². The van der Waals surface area contributed by atoms with Gasteiger partial charge in [0.25, 0.3) is 0 Å². The zero-order chi connectivity index (χ0) is 20.6. The maximum absolute atomic E-state index is 12.7. The lowest BCUT2D eigenvalue weighted by Gasteiger charge is -2.24. The first-order chi connectivity index (χ1) is 13.9. The number of amides is 1. The third kappa shape index (κ3) is 3.49. The Hall–Kier alpha value is -2.84. The minimum absolute atomic E-state index is 0.0331. The summed E-state index contributed by atoms with van der Waals surface area (Å²) in [5, 5.41) is 3.80. The van der Waals surface area contributed by atoms with E-state index in [2.05, 4.69) is 15.3 Å². The van der Waals surface area contributed by atoms with Crippen LogP contribution in [0, 0.1) is 0 Å². The van der Waals surface area contributed by atoms with Crippen LogP contribution in [0.2, 0.25) is 0 Å². The predicted octanol–water partition coefficient (Wildman–Crippen LogP) is 3.29. The van der Waals surface area contributed by atoms with E-state index in [1.165, 1.54) is 0 Å². The van der Waals surface area contributed by atoms with E-state index in [-0.39, 0.29) is 5.91 Å². The lowest BCUT2D eigenvalue weighted by molar-refractivity contribution is -0.125. The van der Waals surface area contributed by atoms with Crippen LogP contribution < -0.4 is 5.32 Å². The highest BCUT2D eigenvalue weighted by Gasteiger charge is 2.30. The first-order valence-corrected chi connectivity index (χ1v) is 10.2. The number of nitrogens with one attached hydrogen (secondary N) is 1. The highest BCUT2D eigenvalue weighted by atomic mass is 32.1. The fourth-order valence-corrected chi connectivity index (χ4v) is 4.20. The van der Waals surface area contributed by atoms with Gasteiger partial charge in [-0.1, -0.05) is 29.5 Å². The monoisotopic (exact) mass is 409 g/mol. The van der Waals surface area contributed by atoms with Crippen molar-refractivity contribution in [1.82, 2.24) is 24.8 Å². The molecule has 3 heterocycles. The Bertz CT molecular complexity index is 1190. The number of imidazole rings is 1. The van der Waals surface area contributed by atoms with Crippen molar-refractivity contribution in [2.45, 2.75) is 19.3 Å². The van der Waals surface area contributed by atoms with Gasteiger partial charge < -0.3 is 14.6 Å². The van der Waals surface area contributed by atoms with E-state index in [9.17, 15) is 4.79 Å². The Balaban J connectivity index is 1.71. The number of carbonyl (C=O) groups excluding carboxylic acids is 1. The van der Waals surface area contributed by atoms with Crippen LogP contribution in [0.4, 0.5) is 0 Å². The molecule has 0 atom stereocenters. The molecule has 0 radical (unpaired) electrons. The molecule has 4 rings (SSSR count). The summed E-state index contributed by atoms with van der Waals surface area (Å²) in [6.45, 7) is 4.83. The summed E-state index contributed by atoms with van der Waals surface area (Å²) < 4.78 is 6.98. The van der Waals surface area contributed by atoms with Crippen molar-refractivity contribution in [3.8, 4) is 10.6 Å². The van der Waals surface area contributed by atoms with Crippen molar-refractivity contribution in [2.24, 2.45) is 7.05 Å². The normalized spacial score (nSPS) is 12.0. The van der Waals surface area contributed by atoms with Crippen LogP contribution in [0.15, 0.2) is 36.8 Å². The highest BCUT2D eigenvalue weighted by Crippen LogP contribution is 2.34. The Morgan fingerprint density at radius 2 is 2.14 bits per heavy atom. The van der Waals surface area contributed by atoms with Crippen LogP contribution in [0.25, 0.3) is 32.0 Å². The molecule has 8 heteroatoms. The van der Waals surface area contributed by atoms with E-state index >= 15 is 0 Å². The number of fused-ring (bicyclic) bond motifs is 3. The number of ether oxygens (including phenoxy) is 1. The average Bonchev–Trinajstić information content (AvgIpc) is 3.31. The van der Waals surface area contributed by atoms with Crippen LogP contribution >= 0.6 is 11.3 Å². The summed E-state index contributed by atoms with van der Waals surface area (Å²) in [5.41, 5.74) is 3.89. The molecule has 0 fully saturated rings. The number of aryl methyl sites for hydroxylation is 1. The maximum Gasteiger partial charge on any atom is 0.230 e. The second-order valence-electron chi connectivity index (χ2n) is 7.47. The van der Waals surface area contributed by atoms with Crippen molar-refractivity contribution in [1.29, 1.82) is 0 Å². The second-order valence-corrected chi connectivity index (χ2v) is 8.45. The largest absolute Gasteiger partial charge is 0.383 e. The van der Waals surface area contributed by atoms with Crippen molar-refractivity contribution in [3.05, 3.63) is 42.4 Å². The number of nitrogens with zero attached hydrogens (tertiary/aromatic N) is 4. The van der Waals surface area contributed by atoms with Gasteiger partial charge in [0, 0.05) is 26.3 Å². The van der Waals surface area contributed by atoms with Crippen LogP contribution in [0.3, 0.4) is 0 Å². The number of thiazole rings is 1. The summed E-state index contributed by atoms with van der Waals surface area (Å²) in [4.78, 5) is 27.3. The van der Waals surface area contributed by atoms with Crippen molar-refractivity contribution in [3.63, 3.8) is 0 Å². The molecule has 29 heavy (non-hydrogen) atoms. The van der Waals surface area contributed by atoms with Gasteiger partial charge in [-0.05, 0) is 25.5 Å². The Morgan fingerprint density at radius 1 is 1.31 bits per heavy atom. The molecule has 1 amide bonds. The molecule has 1 N–H and O–H groups in total. The predicted molar refractivity (Wildman–Crippen MR) is 115 cm³/mol. The molecule has 0 aliphatic heterocycles. The number of carbonyl (C=O) groups is 1. The number of rotatable bonds is 6. The van der Waals surface area contributed by atoms with Crippen LogP contribution in [0.1, 0.15) is 19.4 Å². The molecular weight excluding hydrogens is 386 g/mol. The standard InChI is InChI=1S/C21H23N5O2S/c1-21(2,20(27)22-8-9-28-4)14-7-5-6-13(10-14)18-25-16-17-15(24-12-26(17)3)11-23-19(16)29-18/h5-7,10-12H,8-9H2,1-4H3,(H,22,27). The smallest absolute Gasteiger partial charge is 0.230 e. The Morgan fingerprint density at radius 3 is 2.93 bits per heavy atom. The SMILES string of the molecule is COCCNC(=O)C(C)(C)c1cccc(-c2nc3c(ncc4ncn(C)c43)s2)c1. The third-order valence-electron chi connectivity index (χ3n) is 5.09. The minimum Gasteiger partial charge on any atom is -0.383 e.